The van der Waals surface area contributed by atoms with Gasteiger partial charge < -0.3 is 5.32 Å². The number of nitrogens with zero attached hydrogens (tertiary/aromatic N) is 2. The molecule has 126 valence electrons. The molecule has 1 N–H and O–H groups in total. The van der Waals surface area contributed by atoms with Crippen LogP contribution in [-0.4, -0.2) is 55.7 Å². The Morgan fingerprint density at radius 1 is 1.14 bits per heavy atom. The van der Waals surface area contributed by atoms with Crippen molar-refractivity contribution in [3.8, 4) is 0 Å². The molecule has 2 fully saturated rings. The monoisotopic (exact) mass is 329 g/mol. The molecule has 2 aliphatic rings. The molecule has 7 heteroatoms. The van der Waals surface area contributed by atoms with Gasteiger partial charge in [0.05, 0.1) is 0 Å². The molecule has 0 saturated carbocycles. The highest BCUT2D eigenvalue weighted by Gasteiger charge is 2.35. The number of carbonyl (C=O) groups excluding carboxylic acids is 1. The summed E-state index contributed by atoms with van der Waals surface area (Å²) in [6, 6.07) is 0. The molecule has 0 atom stereocenters. The number of nitrogens with one attached hydrogen (secondary N) is 1. The molecule has 2 saturated heterocycles. The average molecular weight is 329 g/mol. The largest absolute Gasteiger partial charge is 0.352 e. The second-order valence-corrected chi connectivity index (χ2v) is 8.22. The Morgan fingerprint density at radius 2 is 1.64 bits per heavy atom. The third-order valence-electron chi connectivity index (χ3n) is 4.64. The van der Waals surface area contributed by atoms with Crippen LogP contribution in [0.15, 0.2) is 12.7 Å². The normalized spacial score (nSPS) is 23.3. The van der Waals surface area contributed by atoms with Crippen molar-refractivity contribution in [1.82, 2.24) is 13.9 Å². The summed E-state index contributed by atoms with van der Waals surface area (Å²) in [7, 11) is -3.36. The second kappa shape index (κ2) is 7.57. The fourth-order valence-electron chi connectivity index (χ4n) is 3.04. The minimum absolute atomic E-state index is 0.00347. The van der Waals surface area contributed by atoms with Crippen molar-refractivity contribution < 1.29 is 13.2 Å². The van der Waals surface area contributed by atoms with Gasteiger partial charge in [-0.2, -0.15) is 17.0 Å². The van der Waals surface area contributed by atoms with E-state index < -0.39 is 10.2 Å². The van der Waals surface area contributed by atoms with Crippen molar-refractivity contribution in [2.75, 3.05) is 32.7 Å². The van der Waals surface area contributed by atoms with Gasteiger partial charge in [0, 0.05) is 38.6 Å². The van der Waals surface area contributed by atoms with E-state index in [9.17, 15) is 13.2 Å². The van der Waals surface area contributed by atoms with Crippen molar-refractivity contribution >= 4 is 16.1 Å². The van der Waals surface area contributed by atoms with Gasteiger partial charge >= 0.3 is 0 Å². The van der Waals surface area contributed by atoms with Crippen molar-refractivity contribution in [2.24, 2.45) is 11.8 Å². The molecule has 0 aromatic heterocycles. The van der Waals surface area contributed by atoms with Gasteiger partial charge in [-0.25, -0.2) is 0 Å². The Labute approximate surface area is 133 Å². The van der Waals surface area contributed by atoms with Gasteiger partial charge in [0.25, 0.3) is 10.2 Å². The number of piperidine rings is 2. The predicted octanol–water partition coefficient (Wildman–Crippen LogP) is 0.977. The van der Waals surface area contributed by atoms with Crippen molar-refractivity contribution in [2.45, 2.75) is 32.6 Å². The molecule has 6 nitrogen and oxygen atoms in total. The lowest BCUT2D eigenvalue weighted by Gasteiger charge is -2.36. The predicted molar refractivity (Wildman–Crippen MR) is 86.4 cm³/mol. The van der Waals surface area contributed by atoms with E-state index in [1.165, 1.54) is 0 Å². The van der Waals surface area contributed by atoms with E-state index >= 15 is 0 Å². The third-order valence-corrected chi connectivity index (χ3v) is 6.68. The van der Waals surface area contributed by atoms with E-state index in [0.717, 1.165) is 12.8 Å². The van der Waals surface area contributed by atoms with Crippen molar-refractivity contribution in [3.63, 3.8) is 0 Å². The fraction of sp³-hybridized carbons (Fsp3) is 0.800. The molecule has 0 spiro atoms. The molecule has 2 heterocycles. The first-order valence-corrected chi connectivity index (χ1v) is 9.48. The van der Waals surface area contributed by atoms with E-state index in [2.05, 4.69) is 18.8 Å². The van der Waals surface area contributed by atoms with E-state index in [1.54, 1.807) is 14.7 Å². The van der Waals surface area contributed by atoms with Gasteiger partial charge in [0.15, 0.2) is 0 Å². The van der Waals surface area contributed by atoms with Gasteiger partial charge in [-0.05, 0) is 31.6 Å². The summed E-state index contributed by atoms with van der Waals surface area (Å²) < 4.78 is 28.4. The first-order valence-electron chi connectivity index (χ1n) is 8.09. The van der Waals surface area contributed by atoms with E-state index in [-0.39, 0.29) is 11.8 Å². The van der Waals surface area contributed by atoms with E-state index in [4.69, 9.17) is 0 Å². The summed E-state index contributed by atoms with van der Waals surface area (Å²) in [6.45, 7) is 8.29. The molecule has 1 amide bonds. The molecule has 2 aliphatic heterocycles. The van der Waals surface area contributed by atoms with Crippen molar-refractivity contribution in [1.29, 1.82) is 0 Å². The summed E-state index contributed by atoms with van der Waals surface area (Å²) in [6.07, 6.45) is 4.69. The lowest BCUT2D eigenvalue weighted by Crippen LogP contribution is -2.50. The molecular formula is C15H27N3O3S. The summed E-state index contributed by atoms with van der Waals surface area (Å²) in [5.41, 5.74) is 0. The Kier molecular flexibility index (Phi) is 6.00. The molecule has 2 rings (SSSR count). The number of hydrogen-bond acceptors (Lipinski definition) is 3. The first kappa shape index (κ1) is 17.4. The number of amides is 1. The molecule has 0 unspecified atom stereocenters. The maximum absolute atomic E-state index is 12.6. The zero-order chi connectivity index (χ0) is 16.2. The number of carbonyl (C=O) groups is 1. The van der Waals surface area contributed by atoms with Gasteiger partial charge in [-0.1, -0.05) is 13.0 Å². The lowest BCUT2D eigenvalue weighted by molar-refractivity contribution is -0.125. The van der Waals surface area contributed by atoms with Crippen LogP contribution in [0.25, 0.3) is 0 Å². The molecule has 0 aliphatic carbocycles. The van der Waals surface area contributed by atoms with E-state index in [1.807, 2.05) is 0 Å². The second-order valence-electron chi connectivity index (χ2n) is 6.30. The Hall–Kier alpha value is -0.920. The number of hydrogen-bond donors (Lipinski definition) is 1. The minimum atomic E-state index is -3.36. The molecule has 22 heavy (non-hydrogen) atoms. The van der Waals surface area contributed by atoms with E-state index in [0.29, 0.717) is 51.5 Å². The van der Waals surface area contributed by atoms with Crippen LogP contribution in [0.2, 0.25) is 0 Å². The first-order chi connectivity index (χ1) is 10.4. The van der Waals surface area contributed by atoms with Gasteiger partial charge in [-0.15, -0.1) is 6.58 Å². The maximum Gasteiger partial charge on any atom is 0.281 e. The minimum Gasteiger partial charge on any atom is -0.352 e. The highest BCUT2D eigenvalue weighted by molar-refractivity contribution is 7.86. The molecule has 0 aromatic rings. The SMILES string of the molecule is C=CCNC(=O)C1CCN(S(=O)(=O)N2CCC(C)CC2)CC1. The summed E-state index contributed by atoms with van der Waals surface area (Å²) in [5.74, 6) is 0.516. The summed E-state index contributed by atoms with van der Waals surface area (Å²) in [4.78, 5) is 11.9. The quantitative estimate of drug-likeness (QED) is 0.764. The molecule has 0 aromatic carbocycles. The smallest absolute Gasteiger partial charge is 0.281 e. The van der Waals surface area contributed by atoms with Crippen LogP contribution in [-0.2, 0) is 15.0 Å². The highest BCUT2D eigenvalue weighted by atomic mass is 32.2. The Bertz CT molecular complexity index is 490. The van der Waals surface area contributed by atoms with Gasteiger partial charge in [-0.3, -0.25) is 4.79 Å². The summed E-state index contributed by atoms with van der Waals surface area (Å²) >= 11 is 0. The standard InChI is InChI=1S/C15H27N3O3S/c1-3-8-16-15(19)14-6-11-18(12-7-14)22(20,21)17-9-4-13(2)5-10-17/h3,13-14H,1,4-12H2,2H3,(H,16,19). The van der Waals surface area contributed by atoms with Crippen LogP contribution >= 0.6 is 0 Å². The maximum atomic E-state index is 12.6. The van der Waals surface area contributed by atoms with Crippen LogP contribution in [0.4, 0.5) is 0 Å². The lowest BCUT2D eigenvalue weighted by atomic mass is 9.97. The van der Waals surface area contributed by atoms with Crippen LogP contribution in [0, 0.1) is 11.8 Å². The van der Waals surface area contributed by atoms with Gasteiger partial charge in [0.2, 0.25) is 5.91 Å². The number of rotatable bonds is 5. The average Bonchev–Trinajstić information content (AvgIpc) is 2.53. The highest BCUT2D eigenvalue weighted by Crippen LogP contribution is 2.25. The van der Waals surface area contributed by atoms with Crippen molar-refractivity contribution in [3.05, 3.63) is 12.7 Å². The molecule has 0 bridgehead atoms. The topological polar surface area (TPSA) is 69.7 Å². The van der Waals surface area contributed by atoms with Crippen LogP contribution < -0.4 is 5.32 Å². The van der Waals surface area contributed by atoms with Crippen LogP contribution in [0.1, 0.15) is 32.6 Å². The molecular weight excluding hydrogens is 302 g/mol. The Morgan fingerprint density at radius 3 is 2.14 bits per heavy atom. The van der Waals surface area contributed by atoms with Crippen LogP contribution in [0.5, 0.6) is 0 Å². The zero-order valence-electron chi connectivity index (χ0n) is 13.3. The summed E-state index contributed by atoms with van der Waals surface area (Å²) in [5, 5.41) is 2.79. The van der Waals surface area contributed by atoms with Crippen LogP contribution in [0.3, 0.4) is 0 Å². The Balaban J connectivity index is 1.87. The third kappa shape index (κ3) is 4.08. The fourth-order valence-corrected chi connectivity index (χ4v) is 4.72. The van der Waals surface area contributed by atoms with Gasteiger partial charge in [0.1, 0.15) is 0 Å². The molecule has 0 radical (unpaired) electrons. The zero-order valence-corrected chi connectivity index (χ0v) is 14.1.